The molecule has 7 fully saturated rings. The summed E-state index contributed by atoms with van der Waals surface area (Å²) in [7, 11) is 0. The molecule has 0 radical (unpaired) electrons. The molecule has 1 aliphatic carbocycles. The molecule has 1 aromatic heterocycles. The highest BCUT2D eigenvalue weighted by Gasteiger charge is 3.09. The normalized spacial score (nSPS) is 45.8. The molecule has 12 nitrogen and oxygen atoms in total. The summed E-state index contributed by atoms with van der Waals surface area (Å²) in [5, 5.41) is 0. The van der Waals surface area contributed by atoms with Crippen LogP contribution >= 0.6 is 35.3 Å². The first-order valence-electron chi connectivity index (χ1n) is 14.7. The van der Waals surface area contributed by atoms with Crippen LogP contribution in [0.3, 0.4) is 0 Å². The Morgan fingerprint density at radius 1 is 0.630 bits per heavy atom. The fourth-order valence-electron chi connectivity index (χ4n) is 9.08. The van der Waals surface area contributed by atoms with E-state index in [1.807, 2.05) is 36.4 Å². The lowest BCUT2D eigenvalue weighted by molar-refractivity contribution is -0.161. The molecule has 4 bridgehead atoms. The average molecular weight is 685 g/mol. The first kappa shape index (κ1) is 29.1. The lowest BCUT2D eigenvalue weighted by atomic mass is 9.58. The molecule has 6 saturated heterocycles. The zero-order valence-corrected chi connectivity index (χ0v) is 26.2. The molecule has 0 amide bonds. The van der Waals surface area contributed by atoms with E-state index in [1.54, 1.807) is 47.8 Å². The van der Waals surface area contributed by atoms with Gasteiger partial charge in [0.2, 0.25) is 0 Å². The molecule has 9 atom stereocenters. The number of thioether (sulfide) groups is 3. The molecule has 11 heterocycles. The third-order valence-electron chi connectivity index (χ3n) is 11.2. The van der Waals surface area contributed by atoms with Gasteiger partial charge in [-0.2, -0.15) is 23.5 Å². The number of esters is 6. The lowest BCUT2D eigenvalue weighted by Gasteiger charge is -2.41. The van der Waals surface area contributed by atoms with E-state index in [9.17, 15) is 28.8 Å². The molecule has 12 rings (SSSR count). The third-order valence-corrected chi connectivity index (χ3v) is 15.2. The Kier molecular flexibility index (Phi) is 6.00. The van der Waals surface area contributed by atoms with Gasteiger partial charge in [0.1, 0.15) is 21.0 Å². The minimum Gasteiger partial charge on any atom is -0.473 e. The number of hydrogen-bond acceptors (Lipinski definition) is 15. The molecular formula is C31H24O12S3. The van der Waals surface area contributed by atoms with Crippen molar-refractivity contribution in [3.63, 3.8) is 0 Å². The van der Waals surface area contributed by atoms with Gasteiger partial charge in [0.25, 0.3) is 0 Å². The number of rotatable bonds is 0. The number of ether oxygens (including phenoxy) is 5. The van der Waals surface area contributed by atoms with Gasteiger partial charge in [-0.1, -0.05) is 24.3 Å². The summed E-state index contributed by atoms with van der Waals surface area (Å²) >= 11 is 4.86. The Hall–Kier alpha value is -3.11. The molecule has 10 aliphatic heterocycles. The Labute approximate surface area is 273 Å². The highest BCUT2D eigenvalue weighted by atomic mass is 32.2. The number of furan rings is 1. The fraction of sp³-hybridized carbons (Fsp3) is 0.484. The van der Waals surface area contributed by atoms with Crippen molar-refractivity contribution < 1.29 is 56.9 Å². The molecule has 0 aromatic carbocycles. The first-order valence-corrected chi connectivity index (χ1v) is 18.0. The lowest BCUT2D eigenvalue weighted by Crippen LogP contribution is -2.55. The molecule has 11 aliphatic rings. The van der Waals surface area contributed by atoms with E-state index in [2.05, 4.69) is 9.15 Å². The minimum absolute atomic E-state index is 0.0412. The Balaban J connectivity index is 0.0000000904. The van der Waals surface area contributed by atoms with Crippen molar-refractivity contribution in [2.24, 2.45) is 21.7 Å². The van der Waals surface area contributed by atoms with Gasteiger partial charge in [-0.25, -0.2) is 14.4 Å². The highest BCUT2D eigenvalue weighted by molar-refractivity contribution is 8.03. The van der Waals surface area contributed by atoms with Crippen LogP contribution in [0.4, 0.5) is 0 Å². The van der Waals surface area contributed by atoms with Crippen LogP contribution in [-0.4, -0.2) is 93.7 Å². The highest BCUT2D eigenvalue weighted by Crippen LogP contribution is 2.95. The monoisotopic (exact) mass is 684 g/mol. The van der Waals surface area contributed by atoms with E-state index in [0.29, 0.717) is 34.8 Å². The quantitative estimate of drug-likeness (QED) is 0.168. The Bertz CT molecular complexity index is 1670. The van der Waals surface area contributed by atoms with E-state index in [4.69, 9.17) is 18.9 Å². The molecule has 1 saturated carbocycles. The van der Waals surface area contributed by atoms with Gasteiger partial charge in [0.15, 0.2) is 0 Å². The van der Waals surface area contributed by atoms with Gasteiger partial charge in [0.05, 0.1) is 53.5 Å². The minimum atomic E-state index is -0.730. The van der Waals surface area contributed by atoms with E-state index >= 15 is 0 Å². The molecular weight excluding hydrogens is 661 g/mol. The summed E-state index contributed by atoms with van der Waals surface area (Å²) in [6.07, 6.45) is 10.9. The van der Waals surface area contributed by atoms with Crippen LogP contribution in [0, 0.1) is 21.7 Å². The second-order valence-electron chi connectivity index (χ2n) is 12.5. The SMILES string of the molecule is O=C1OC(=O)C23C4C=CC(O4)C24CSC143.O=C1OC(=O)C23CSCCC12C1C=CC3O1.O=C1OC(=O)C2=C1CSC2.c1ccoc1. The van der Waals surface area contributed by atoms with Gasteiger partial charge >= 0.3 is 35.8 Å². The summed E-state index contributed by atoms with van der Waals surface area (Å²) in [4.78, 5) is 69.3. The number of fused-ring (bicyclic) bond motifs is 4. The Morgan fingerprint density at radius 2 is 1.24 bits per heavy atom. The number of cyclic esters (lactones) is 6. The van der Waals surface area contributed by atoms with Gasteiger partial charge in [-0.3, -0.25) is 14.4 Å². The van der Waals surface area contributed by atoms with Crippen molar-refractivity contribution in [2.45, 2.75) is 35.6 Å². The van der Waals surface area contributed by atoms with Crippen molar-refractivity contribution in [1.29, 1.82) is 0 Å². The molecule has 9 unspecified atom stereocenters. The molecule has 15 heteroatoms. The molecule has 0 N–H and O–H groups in total. The Morgan fingerprint density at radius 3 is 1.85 bits per heavy atom. The maximum atomic E-state index is 12.0. The fourth-order valence-corrected chi connectivity index (χ4v) is 13.8. The van der Waals surface area contributed by atoms with Crippen LogP contribution < -0.4 is 0 Å². The summed E-state index contributed by atoms with van der Waals surface area (Å²) in [5.41, 5.74) is -1.18. The van der Waals surface area contributed by atoms with Crippen LogP contribution in [0.2, 0.25) is 0 Å². The molecule has 1 aromatic rings. The predicted octanol–water partition coefficient (Wildman–Crippen LogP) is 1.79. The first-order chi connectivity index (χ1) is 22.2. The molecule has 3 spiro atoms. The zero-order valence-electron chi connectivity index (χ0n) is 23.8. The third kappa shape index (κ3) is 2.97. The van der Waals surface area contributed by atoms with Crippen LogP contribution in [0.25, 0.3) is 0 Å². The molecule has 238 valence electrons. The van der Waals surface area contributed by atoms with Crippen LogP contribution in [0.1, 0.15) is 6.42 Å². The summed E-state index contributed by atoms with van der Waals surface area (Å²) in [6, 6.07) is 3.67. The van der Waals surface area contributed by atoms with E-state index in [0.717, 1.165) is 11.5 Å². The number of hydrogen-bond donors (Lipinski definition) is 0. The maximum absolute atomic E-state index is 12.0. The van der Waals surface area contributed by atoms with Crippen molar-refractivity contribution >= 4 is 71.1 Å². The number of carbonyl (C=O) groups excluding carboxylic acids is 6. The van der Waals surface area contributed by atoms with Gasteiger partial charge < -0.3 is 28.1 Å². The van der Waals surface area contributed by atoms with Crippen molar-refractivity contribution in [1.82, 2.24) is 0 Å². The second-order valence-corrected chi connectivity index (χ2v) is 15.8. The van der Waals surface area contributed by atoms with Gasteiger partial charge in [-0.15, -0.1) is 11.8 Å². The second kappa shape index (κ2) is 9.49. The van der Waals surface area contributed by atoms with Crippen molar-refractivity contribution in [3.05, 3.63) is 60.1 Å². The summed E-state index contributed by atoms with van der Waals surface area (Å²) < 4.78 is 29.5. The van der Waals surface area contributed by atoms with Crippen molar-refractivity contribution in [3.8, 4) is 0 Å². The van der Waals surface area contributed by atoms with Crippen LogP contribution in [0.15, 0.2) is 64.5 Å². The number of carbonyl (C=O) groups is 6. The van der Waals surface area contributed by atoms with Gasteiger partial charge in [-0.05, 0) is 24.3 Å². The zero-order chi connectivity index (χ0) is 31.7. The predicted molar refractivity (Wildman–Crippen MR) is 159 cm³/mol. The van der Waals surface area contributed by atoms with Crippen molar-refractivity contribution in [2.75, 3.05) is 28.8 Å². The summed E-state index contributed by atoms with van der Waals surface area (Å²) in [6.45, 7) is 0. The van der Waals surface area contributed by atoms with Crippen LogP contribution in [0.5, 0.6) is 0 Å². The van der Waals surface area contributed by atoms with E-state index in [1.165, 1.54) is 0 Å². The largest absolute Gasteiger partial charge is 0.473 e. The molecule has 46 heavy (non-hydrogen) atoms. The summed E-state index contributed by atoms with van der Waals surface area (Å²) in [5.74, 6) is 1.36. The van der Waals surface area contributed by atoms with E-state index < -0.39 is 32.9 Å². The smallest absolute Gasteiger partial charge is 0.343 e. The van der Waals surface area contributed by atoms with Gasteiger partial charge in [0, 0.05) is 23.0 Å². The average Bonchev–Trinajstić information content (AvgIpc) is 3.86. The van der Waals surface area contributed by atoms with E-state index in [-0.39, 0.29) is 53.7 Å². The maximum Gasteiger partial charge on any atom is 0.343 e. The standard InChI is InChI=1S/C11H10O4S.C10H6O4S.C6H4O3S.C4H4O/c12-8-10-3-4-16-5-11(10,9(13)15-8)7-2-1-6(10)14-7;11-6-9-5-2-1-4(13-5)8(9)3-15-10(8,9)7(12)14-6;7-5-3-1-10-2-4(3)6(8)9-5;1-2-4-5-3-1/h1-2,6-7H,3-5H2;1-2,4-5H,3H2;1-2H2;1-4H. The topological polar surface area (TPSA) is 162 Å². The van der Waals surface area contributed by atoms with Crippen LogP contribution in [-0.2, 0) is 52.5 Å².